The van der Waals surface area contributed by atoms with Gasteiger partial charge in [-0.25, -0.2) is 13.4 Å². The first-order chi connectivity index (χ1) is 9.94. The number of nitrogens with one attached hydrogen (secondary N) is 2. The number of nitro groups is 1. The average molecular weight is 309 g/mol. The molecule has 0 aliphatic rings. The van der Waals surface area contributed by atoms with Gasteiger partial charge in [0.1, 0.15) is 4.90 Å². The van der Waals surface area contributed by atoms with Gasteiger partial charge in [-0.3, -0.25) is 19.8 Å². The van der Waals surface area contributed by atoms with E-state index in [0.717, 1.165) is 6.07 Å². The quantitative estimate of drug-likeness (QED) is 0.628. The van der Waals surface area contributed by atoms with Gasteiger partial charge in [-0.1, -0.05) is 0 Å². The Bertz CT molecular complexity index is 763. The van der Waals surface area contributed by atoms with Crippen molar-refractivity contribution in [1.82, 2.24) is 9.97 Å². The van der Waals surface area contributed by atoms with Crippen LogP contribution in [-0.2, 0) is 10.0 Å². The standard InChI is InChI=1S/C11H11N5O4S/c1-12-9-3-2-8(16(17)18)6-10(9)21(19,20)15-11-7-13-4-5-14-11/h2-7,12H,1H3,(H,14,15). The number of hydrogen-bond donors (Lipinski definition) is 2. The third-order valence-corrected chi connectivity index (χ3v) is 3.93. The predicted molar refractivity (Wildman–Crippen MR) is 75.5 cm³/mol. The van der Waals surface area contributed by atoms with Crippen LogP contribution in [-0.4, -0.2) is 30.4 Å². The fourth-order valence-electron chi connectivity index (χ4n) is 1.60. The zero-order valence-corrected chi connectivity index (χ0v) is 11.7. The average Bonchev–Trinajstić information content (AvgIpc) is 2.47. The monoisotopic (exact) mass is 309 g/mol. The van der Waals surface area contributed by atoms with Crippen molar-refractivity contribution in [2.24, 2.45) is 0 Å². The van der Waals surface area contributed by atoms with Crippen LogP contribution in [0.15, 0.2) is 41.7 Å². The molecule has 0 saturated carbocycles. The topological polar surface area (TPSA) is 127 Å². The SMILES string of the molecule is CNc1ccc([N+](=O)[O-])cc1S(=O)(=O)Nc1cnccn1. The van der Waals surface area contributed by atoms with Crippen LogP contribution in [0.2, 0.25) is 0 Å². The summed E-state index contributed by atoms with van der Waals surface area (Å²) in [6.07, 6.45) is 3.95. The molecule has 10 heteroatoms. The molecule has 1 heterocycles. The zero-order chi connectivity index (χ0) is 15.5. The first-order valence-corrected chi connectivity index (χ1v) is 7.17. The highest BCUT2D eigenvalue weighted by Gasteiger charge is 2.22. The van der Waals surface area contributed by atoms with Crippen molar-refractivity contribution in [3.8, 4) is 0 Å². The van der Waals surface area contributed by atoms with E-state index in [9.17, 15) is 18.5 Å². The fourth-order valence-corrected chi connectivity index (χ4v) is 2.82. The summed E-state index contributed by atoms with van der Waals surface area (Å²) in [6, 6.07) is 3.51. The Morgan fingerprint density at radius 3 is 2.62 bits per heavy atom. The van der Waals surface area contributed by atoms with Crippen LogP contribution in [0.3, 0.4) is 0 Å². The number of sulfonamides is 1. The number of aromatic nitrogens is 2. The maximum absolute atomic E-state index is 12.3. The summed E-state index contributed by atoms with van der Waals surface area (Å²) in [5.74, 6) is 0.0195. The second-order valence-electron chi connectivity index (χ2n) is 3.88. The molecule has 0 amide bonds. The maximum Gasteiger partial charge on any atom is 0.270 e. The third kappa shape index (κ3) is 3.23. The van der Waals surface area contributed by atoms with Gasteiger partial charge in [0.25, 0.3) is 15.7 Å². The van der Waals surface area contributed by atoms with Gasteiger partial charge in [0.05, 0.1) is 16.8 Å². The minimum absolute atomic E-state index is 0.0195. The first-order valence-electron chi connectivity index (χ1n) is 5.69. The van der Waals surface area contributed by atoms with Crippen LogP contribution in [0.1, 0.15) is 0 Å². The molecule has 2 rings (SSSR count). The smallest absolute Gasteiger partial charge is 0.270 e. The Morgan fingerprint density at radius 1 is 1.29 bits per heavy atom. The molecule has 21 heavy (non-hydrogen) atoms. The highest BCUT2D eigenvalue weighted by atomic mass is 32.2. The van der Waals surface area contributed by atoms with E-state index in [-0.39, 0.29) is 22.1 Å². The molecule has 110 valence electrons. The summed E-state index contributed by atoms with van der Waals surface area (Å²) in [4.78, 5) is 17.4. The van der Waals surface area contributed by atoms with E-state index in [2.05, 4.69) is 20.0 Å². The molecule has 0 aliphatic heterocycles. The van der Waals surface area contributed by atoms with Crippen LogP contribution in [0, 0.1) is 10.1 Å². The van der Waals surface area contributed by atoms with Crippen molar-refractivity contribution in [3.05, 3.63) is 46.9 Å². The van der Waals surface area contributed by atoms with Gasteiger partial charge in [-0.05, 0) is 6.07 Å². The van der Waals surface area contributed by atoms with Gasteiger partial charge in [0.15, 0.2) is 5.82 Å². The highest BCUT2D eigenvalue weighted by molar-refractivity contribution is 7.92. The number of anilines is 2. The lowest BCUT2D eigenvalue weighted by molar-refractivity contribution is -0.385. The Hall–Kier alpha value is -2.75. The third-order valence-electron chi connectivity index (χ3n) is 2.54. The Kier molecular flexibility index (Phi) is 3.98. The molecule has 0 radical (unpaired) electrons. The van der Waals surface area contributed by atoms with Gasteiger partial charge in [-0.2, -0.15) is 0 Å². The molecule has 0 aliphatic carbocycles. The second-order valence-corrected chi connectivity index (χ2v) is 5.53. The number of rotatable bonds is 5. The summed E-state index contributed by atoms with van der Waals surface area (Å²) >= 11 is 0. The van der Waals surface area contributed by atoms with E-state index in [1.165, 1.54) is 37.8 Å². The summed E-state index contributed by atoms with van der Waals surface area (Å²) < 4.78 is 26.8. The van der Waals surface area contributed by atoms with Crippen LogP contribution >= 0.6 is 0 Å². The highest BCUT2D eigenvalue weighted by Crippen LogP contribution is 2.27. The van der Waals surface area contributed by atoms with Gasteiger partial charge in [-0.15, -0.1) is 0 Å². The summed E-state index contributed by atoms with van der Waals surface area (Å²) in [5.41, 5.74) is -0.0921. The largest absolute Gasteiger partial charge is 0.387 e. The molecule has 2 N–H and O–H groups in total. The predicted octanol–water partition coefficient (Wildman–Crippen LogP) is 1.23. The van der Waals surface area contributed by atoms with E-state index < -0.39 is 14.9 Å². The fraction of sp³-hybridized carbons (Fsp3) is 0.0909. The normalized spacial score (nSPS) is 10.9. The van der Waals surface area contributed by atoms with E-state index in [1.54, 1.807) is 0 Å². The minimum atomic E-state index is -4.03. The van der Waals surface area contributed by atoms with E-state index in [1.807, 2.05) is 0 Å². The van der Waals surface area contributed by atoms with Gasteiger partial charge in [0.2, 0.25) is 0 Å². The van der Waals surface area contributed by atoms with E-state index >= 15 is 0 Å². The Morgan fingerprint density at radius 2 is 2.05 bits per heavy atom. The molecule has 0 saturated heterocycles. The number of non-ortho nitro benzene ring substituents is 1. The second kappa shape index (κ2) is 5.71. The molecule has 0 fully saturated rings. The molecule has 0 unspecified atom stereocenters. The van der Waals surface area contributed by atoms with E-state index in [0.29, 0.717) is 0 Å². The van der Waals surface area contributed by atoms with Crippen LogP contribution in [0.25, 0.3) is 0 Å². The summed E-state index contributed by atoms with van der Waals surface area (Å²) in [7, 11) is -2.52. The molecule has 0 spiro atoms. The number of benzene rings is 1. The van der Waals surface area contributed by atoms with Crippen molar-refractivity contribution in [1.29, 1.82) is 0 Å². The summed E-state index contributed by atoms with van der Waals surface area (Å²) in [5, 5.41) is 13.5. The van der Waals surface area contributed by atoms with Crippen LogP contribution < -0.4 is 10.0 Å². The summed E-state index contributed by atoms with van der Waals surface area (Å²) in [6.45, 7) is 0. The Balaban J connectivity index is 2.48. The van der Waals surface area contributed by atoms with Crippen molar-refractivity contribution in [2.75, 3.05) is 17.1 Å². The molecule has 1 aromatic heterocycles. The lowest BCUT2D eigenvalue weighted by atomic mass is 10.3. The molecular weight excluding hydrogens is 298 g/mol. The molecule has 1 aromatic carbocycles. The Labute approximate surface area is 120 Å². The lowest BCUT2D eigenvalue weighted by Gasteiger charge is -2.11. The lowest BCUT2D eigenvalue weighted by Crippen LogP contribution is -2.16. The molecular formula is C11H11N5O4S. The number of nitrogens with zero attached hydrogens (tertiary/aromatic N) is 3. The zero-order valence-electron chi connectivity index (χ0n) is 10.8. The van der Waals surface area contributed by atoms with Crippen LogP contribution in [0.4, 0.5) is 17.2 Å². The molecule has 0 atom stereocenters. The van der Waals surface area contributed by atoms with Gasteiger partial charge in [0, 0.05) is 31.6 Å². The first kappa shape index (κ1) is 14.7. The number of hydrogen-bond acceptors (Lipinski definition) is 7. The van der Waals surface area contributed by atoms with Crippen LogP contribution in [0.5, 0.6) is 0 Å². The van der Waals surface area contributed by atoms with E-state index in [4.69, 9.17) is 0 Å². The molecule has 0 bridgehead atoms. The van der Waals surface area contributed by atoms with Gasteiger partial charge >= 0.3 is 0 Å². The van der Waals surface area contributed by atoms with Crippen molar-refractivity contribution in [3.63, 3.8) is 0 Å². The van der Waals surface area contributed by atoms with Crippen molar-refractivity contribution in [2.45, 2.75) is 4.90 Å². The molecule has 2 aromatic rings. The molecule has 9 nitrogen and oxygen atoms in total. The number of nitro benzene ring substituents is 1. The van der Waals surface area contributed by atoms with Crippen molar-refractivity contribution < 1.29 is 13.3 Å². The minimum Gasteiger partial charge on any atom is -0.387 e. The van der Waals surface area contributed by atoms with Crippen molar-refractivity contribution >= 4 is 27.2 Å². The van der Waals surface area contributed by atoms with Gasteiger partial charge < -0.3 is 5.32 Å². The maximum atomic E-state index is 12.3.